The first-order valence-electron chi connectivity index (χ1n) is 5.90. The van der Waals surface area contributed by atoms with Gasteiger partial charge in [-0.05, 0) is 29.8 Å². The molecule has 0 heterocycles. The van der Waals surface area contributed by atoms with Crippen LogP contribution in [0.15, 0.2) is 40.9 Å². The molecule has 2 aromatic rings. The Morgan fingerprint density at radius 1 is 1.29 bits per heavy atom. The molecule has 0 radical (unpaired) electrons. The van der Waals surface area contributed by atoms with Crippen molar-refractivity contribution in [3.63, 3.8) is 0 Å². The maximum Gasteiger partial charge on any atom is 0.270 e. The molecule has 7 heteroatoms. The summed E-state index contributed by atoms with van der Waals surface area (Å²) in [4.78, 5) is 10.2. The van der Waals surface area contributed by atoms with Crippen LogP contribution in [0.5, 0.6) is 5.75 Å². The van der Waals surface area contributed by atoms with Gasteiger partial charge in [-0.2, -0.15) is 0 Å². The highest BCUT2D eigenvalue weighted by molar-refractivity contribution is 9.10. The number of nitro benzene ring substituents is 1. The molecule has 110 valence electrons. The second-order valence-electron chi connectivity index (χ2n) is 4.25. The van der Waals surface area contributed by atoms with Crippen LogP contribution in [0.4, 0.5) is 10.1 Å². The van der Waals surface area contributed by atoms with Gasteiger partial charge in [0.1, 0.15) is 18.2 Å². The average molecular weight is 375 g/mol. The fraction of sp³-hybridized carbons (Fsp3) is 0.143. The van der Waals surface area contributed by atoms with Crippen molar-refractivity contribution in [3.05, 3.63) is 67.9 Å². The highest BCUT2D eigenvalue weighted by Gasteiger charge is 2.11. The first-order chi connectivity index (χ1) is 9.99. The molecule has 0 fully saturated rings. The van der Waals surface area contributed by atoms with E-state index >= 15 is 0 Å². The van der Waals surface area contributed by atoms with Crippen molar-refractivity contribution in [1.29, 1.82) is 0 Å². The Labute approximate surface area is 133 Å². The van der Waals surface area contributed by atoms with Crippen molar-refractivity contribution in [3.8, 4) is 5.75 Å². The minimum absolute atomic E-state index is 0.0495. The molecule has 0 spiro atoms. The lowest BCUT2D eigenvalue weighted by molar-refractivity contribution is -0.384. The van der Waals surface area contributed by atoms with Gasteiger partial charge in [-0.15, -0.1) is 11.6 Å². The highest BCUT2D eigenvalue weighted by Crippen LogP contribution is 2.27. The Balaban J connectivity index is 2.17. The van der Waals surface area contributed by atoms with Crippen LogP contribution in [0.2, 0.25) is 0 Å². The summed E-state index contributed by atoms with van der Waals surface area (Å²) in [5, 5.41) is 10.7. The number of ether oxygens (including phenoxy) is 1. The predicted octanol–water partition coefficient (Wildman–Crippen LogP) is 4.81. The fourth-order valence-corrected chi connectivity index (χ4v) is 2.50. The van der Waals surface area contributed by atoms with E-state index in [9.17, 15) is 14.5 Å². The Bertz CT molecular complexity index is 661. The van der Waals surface area contributed by atoms with Crippen LogP contribution in [0, 0.1) is 15.9 Å². The molecular formula is C14H10BrClFNO3. The van der Waals surface area contributed by atoms with E-state index in [0.29, 0.717) is 21.3 Å². The normalized spacial score (nSPS) is 10.4. The number of halogens is 3. The standard InChI is InChI=1S/C14H10BrClFNO3/c15-11-3-9(4-12(17)6-11)8-21-14-2-1-13(18(19)20)5-10(14)7-16/h1-6H,7-8H2. The van der Waals surface area contributed by atoms with Gasteiger partial charge in [-0.3, -0.25) is 10.1 Å². The summed E-state index contributed by atoms with van der Waals surface area (Å²) in [6.07, 6.45) is 0. The number of alkyl halides is 1. The van der Waals surface area contributed by atoms with E-state index in [2.05, 4.69) is 15.9 Å². The minimum Gasteiger partial charge on any atom is -0.489 e. The molecule has 0 N–H and O–H groups in total. The van der Waals surface area contributed by atoms with Gasteiger partial charge < -0.3 is 4.74 Å². The van der Waals surface area contributed by atoms with Crippen LogP contribution in [0.25, 0.3) is 0 Å². The molecule has 21 heavy (non-hydrogen) atoms. The van der Waals surface area contributed by atoms with Gasteiger partial charge in [0.15, 0.2) is 0 Å². The van der Waals surface area contributed by atoms with Gasteiger partial charge >= 0.3 is 0 Å². The summed E-state index contributed by atoms with van der Waals surface area (Å²) in [6.45, 7) is 0.137. The van der Waals surface area contributed by atoms with Crippen molar-refractivity contribution >= 4 is 33.2 Å². The van der Waals surface area contributed by atoms with Crippen LogP contribution in [-0.4, -0.2) is 4.92 Å². The van der Waals surface area contributed by atoms with Crippen LogP contribution < -0.4 is 4.74 Å². The van der Waals surface area contributed by atoms with E-state index in [4.69, 9.17) is 16.3 Å². The van der Waals surface area contributed by atoms with Crippen LogP contribution in [0.3, 0.4) is 0 Å². The molecule has 0 saturated heterocycles. The van der Waals surface area contributed by atoms with Crippen LogP contribution in [-0.2, 0) is 12.5 Å². The van der Waals surface area contributed by atoms with Crippen molar-refractivity contribution in [2.24, 2.45) is 0 Å². The zero-order chi connectivity index (χ0) is 15.4. The highest BCUT2D eigenvalue weighted by atomic mass is 79.9. The third-order valence-electron chi connectivity index (χ3n) is 2.72. The molecule has 4 nitrogen and oxygen atoms in total. The molecule has 0 aromatic heterocycles. The number of hydrogen-bond donors (Lipinski definition) is 0. The number of nitrogens with zero attached hydrogens (tertiary/aromatic N) is 1. The van der Waals surface area contributed by atoms with E-state index in [1.165, 1.54) is 30.3 Å². The minimum atomic E-state index is -0.497. The Morgan fingerprint density at radius 2 is 2.05 bits per heavy atom. The number of nitro groups is 1. The second kappa shape index (κ2) is 6.87. The molecule has 0 atom stereocenters. The maximum atomic E-state index is 13.3. The molecule has 0 amide bonds. The van der Waals surface area contributed by atoms with E-state index in [1.54, 1.807) is 6.07 Å². The lowest BCUT2D eigenvalue weighted by Crippen LogP contribution is -1.99. The second-order valence-corrected chi connectivity index (χ2v) is 5.43. The summed E-state index contributed by atoms with van der Waals surface area (Å²) in [5.41, 5.74) is 1.11. The van der Waals surface area contributed by atoms with Gasteiger partial charge in [0.25, 0.3) is 5.69 Å². The lowest BCUT2D eigenvalue weighted by Gasteiger charge is -2.10. The monoisotopic (exact) mass is 373 g/mol. The Hall–Kier alpha value is -1.66. The van der Waals surface area contributed by atoms with Gasteiger partial charge in [0, 0.05) is 22.2 Å². The summed E-state index contributed by atoms with van der Waals surface area (Å²) in [7, 11) is 0. The summed E-state index contributed by atoms with van der Waals surface area (Å²) in [6, 6.07) is 8.63. The molecule has 2 aromatic carbocycles. The van der Waals surface area contributed by atoms with Gasteiger partial charge in [-0.25, -0.2) is 4.39 Å². The van der Waals surface area contributed by atoms with Gasteiger partial charge in [0.05, 0.1) is 10.8 Å². The number of non-ortho nitro benzene ring substituents is 1. The fourth-order valence-electron chi connectivity index (χ4n) is 1.78. The van der Waals surface area contributed by atoms with Crippen molar-refractivity contribution < 1.29 is 14.1 Å². The third-order valence-corrected chi connectivity index (χ3v) is 3.46. The van der Waals surface area contributed by atoms with Gasteiger partial charge in [-0.1, -0.05) is 15.9 Å². The Morgan fingerprint density at radius 3 is 2.67 bits per heavy atom. The molecule has 2 rings (SSSR count). The first kappa shape index (κ1) is 15.7. The number of rotatable bonds is 5. The quantitative estimate of drug-likeness (QED) is 0.428. The van der Waals surface area contributed by atoms with Crippen molar-refractivity contribution in [2.45, 2.75) is 12.5 Å². The van der Waals surface area contributed by atoms with Crippen LogP contribution >= 0.6 is 27.5 Å². The molecule has 0 unspecified atom stereocenters. The molecule has 0 saturated carbocycles. The zero-order valence-corrected chi connectivity index (χ0v) is 13.0. The summed E-state index contributed by atoms with van der Waals surface area (Å²) >= 11 is 8.97. The molecule has 0 aliphatic heterocycles. The summed E-state index contributed by atoms with van der Waals surface area (Å²) in [5.74, 6) is 0.157. The predicted molar refractivity (Wildman–Crippen MR) is 81.1 cm³/mol. The van der Waals surface area contributed by atoms with E-state index < -0.39 is 4.92 Å². The number of hydrogen-bond acceptors (Lipinski definition) is 3. The third kappa shape index (κ3) is 4.15. The van der Waals surface area contributed by atoms with E-state index in [-0.39, 0.29) is 24.0 Å². The molecule has 0 bridgehead atoms. The maximum absolute atomic E-state index is 13.3. The van der Waals surface area contributed by atoms with E-state index in [1.807, 2.05) is 0 Å². The smallest absolute Gasteiger partial charge is 0.270 e. The van der Waals surface area contributed by atoms with E-state index in [0.717, 1.165) is 0 Å². The topological polar surface area (TPSA) is 52.4 Å². The van der Waals surface area contributed by atoms with Crippen LogP contribution in [0.1, 0.15) is 11.1 Å². The van der Waals surface area contributed by atoms with Crippen molar-refractivity contribution in [1.82, 2.24) is 0 Å². The zero-order valence-electron chi connectivity index (χ0n) is 10.7. The molecule has 0 aliphatic rings. The molecule has 0 aliphatic carbocycles. The average Bonchev–Trinajstić information content (AvgIpc) is 2.43. The summed E-state index contributed by atoms with van der Waals surface area (Å²) < 4.78 is 19.4. The first-order valence-corrected chi connectivity index (χ1v) is 7.23. The lowest BCUT2D eigenvalue weighted by atomic mass is 10.2. The molecular weight excluding hydrogens is 365 g/mol. The number of benzene rings is 2. The Kier molecular flexibility index (Phi) is 5.14. The largest absolute Gasteiger partial charge is 0.489 e. The van der Waals surface area contributed by atoms with Gasteiger partial charge in [0.2, 0.25) is 0 Å². The SMILES string of the molecule is O=[N+]([O-])c1ccc(OCc2cc(F)cc(Br)c2)c(CCl)c1. The van der Waals surface area contributed by atoms with Crippen molar-refractivity contribution in [2.75, 3.05) is 0 Å².